The predicted octanol–water partition coefficient (Wildman–Crippen LogP) is 8.71. The highest BCUT2D eigenvalue weighted by molar-refractivity contribution is 5.88. The van der Waals surface area contributed by atoms with Crippen LogP contribution < -0.4 is 4.90 Å². The number of esters is 1. The van der Waals surface area contributed by atoms with Crippen LogP contribution in [0, 0.1) is 25.1 Å². The molecule has 1 aromatic heterocycles. The predicted molar refractivity (Wildman–Crippen MR) is 187 cm³/mol. The fraction of sp³-hybridized carbons (Fsp3) is 0.513. The van der Waals surface area contributed by atoms with Crippen molar-refractivity contribution in [1.82, 2.24) is 9.88 Å². The highest BCUT2D eigenvalue weighted by Crippen LogP contribution is 2.45. The van der Waals surface area contributed by atoms with Gasteiger partial charge in [0.1, 0.15) is 5.82 Å². The average molecular weight is 662 g/mol. The summed E-state index contributed by atoms with van der Waals surface area (Å²) < 4.78 is 30.9. The molecular weight excluding hydrogens is 609 g/mol. The van der Waals surface area contributed by atoms with Crippen LogP contribution in [0.15, 0.2) is 48.5 Å². The van der Waals surface area contributed by atoms with E-state index in [1.54, 1.807) is 30.9 Å². The van der Waals surface area contributed by atoms with Crippen LogP contribution in [-0.4, -0.2) is 53.9 Å². The molecule has 0 aliphatic carbocycles. The Hall–Kier alpha value is -3.98. The van der Waals surface area contributed by atoms with Gasteiger partial charge in [-0.05, 0) is 95.5 Å². The molecule has 0 saturated carbocycles. The first-order valence-corrected chi connectivity index (χ1v) is 17.0. The first-order valence-electron chi connectivity index (χ1n) is 17.0. The van der Waals surface area contributed by atoms with E-state index in [1.165, 1.54) is 12.1 Å². The van der Waals surface area contributed by atoms with Crippen molar-refractivity contribution in [2.45, 2.75) is 99.9 Å². The quantitative estimate of drug-likeness (QED) is 0.190. The molecule has 3 aromatic rings. The van der Waals surface area contributed by atoms with Gasteiger partial charge in [0, 0.05) is 48.7 Å². The van der Waals surface area contributed by atoms with E-state index in [0.717, 1.165) is 70.8 Å². The van der Waals surface area contributed by atoms with Crippen molar-refractivity contribution in [1.29, 1.82) is 0 Å². The number of rotatable bonds is 11. The number of ether oxygens (including phenoxy) is 3. The van der Waals surface area contributed by atoms with Gasteiger partial charge in [0.15, 0.2) is 6.10 Å². The SMILES string of the molecule is CCOC(=O)[C@@H](OC(C)(C)C)c1c(C)nc(C)c(-c2ccc(CN(Cc3ccc(F)cc3)C(=O)OCC)cc2)c1N1CCC(C)(C)CC1. The van der Waals surface area contributed by atoms with Crippen LogP contribution in [0.4, 0.5) is 14.9 Å². The summed E-state index contributed by atoms with van der Waals surface area (Å²) in [4.78, 5) is 35.5. The third-order valence-corrected chi connectivity index (χ3v) is 8.68. The lowest BCUT2D eigenvalue weighted by molar-refractivity contribution is -0.166. The van der Waals surface area contributed by atoms with Crippen molar-refractivity contribution in [2.75, 3.05) is 31.2 Å². The number of piperidine rings is 1. The third kappa shape index (κ3) is 9.34. The molecule has 1 aliphatic rings. The Labute approximate surface area is 285 Å². The molecule has 1 fully saturated rings. The van der Waals surface area contributed by atoms with Crippen LogP contribution in [0.5, 0.6) is 0 Å². The summed E-state index contributed by atoms with van der Waals surface area (Å²) in [5.41, 5.74) is 6.49. The first kappa shape index (κ1) is 36.8. The van der Waals surface area contributed by atoms with Crippen LogP contribution >= 0.6 is 0 Å². The second-order valence-electron chi connectivity index (χ2n) is 14.3. The minimum Gasteiger partial charge on any atom is -0.464 e. The molecule has 1 atom stereocenters. The standard InChI is InChI=1S/C39H52FN3O5/c1-10-46-36(44)35(48-38(5,6)7)33-27(4)41-26(3)32(34(33)42-22-20-39(8,9)21-23-42)30-16-12-28(13-17-30)24-43(37(45)47-11-2)25-29-14-18-31(40)19-15-29/h12-19,35H,10-11,20-25H2,1-9H3/t35-/m0/s1. The lowest BCUT2D eigenvalue weighted by Crippen LogP contribution is -2.39. The van der Waals surface area contributed by atoms with Crippen molar-refractivity contribution in [3.63, 3.8) is 0 Å². The van der Waals surface area contributed by atoms with Crippen LogP contribution in [-0.2, 0) is 32.1 Å². The summed E-state index contributed by atoms with van der Waals surface area (Å²) >= 11 is 0. The van der Waals surface area contributed by atoms with Crippen LogP contribution in [0.1, 0.15) is 95.5 Å². The zero-order valence-electron chi connectivity index (χ0n) is 30.1. The van der Waals surface area contributed by atoms with Gasteiger partial charge in [0.05, 0.1) is 24.5 Å². The number of amides is 1. The van der Waals surface area contributed by atoms with Crippen molar-refractivity contribution < 1.29 is 28.2 Å². The maximum Gasteiger partial charge on any atom is 0.410 e. The zero-order chi connectivity index (χ0) is 35.2. The molecule has 48 heavy (non-hydrogen) atoms. The molecular formula is C39H52FN3O5. The van der Waals surface area contributed by atoms with Crippen LogP contribution in [0.2, 0.25) is 0 Å². The first-order chi connectivity index (χ1) is 22.6. The van der Waals surface area contributed by atoms with E-state index in [0.29, 0.717) is 6.54 Å². The zero-order valence-corrected chi connectivity index (χ0v) is 30.1. The van der Waals surface area contributed by atoms with Crippen LogP contribution in [0.25, 0.3) is 11.1 Å². The molecule has 2 heterocycles. The lowest BCUT2D eigenvalue weighted by atomic mass is 9.81. The number of nitrogens with zero attached hydrogens (tertiary/aromatic N) is 3. The Morgan fingerprint density at radius 3 is 1.96 bits per heavy atom. The average Bonchev–Trinajstić information content (AvgIpc) is 3.01. The summed E-state index contributed by atoms with van der Waals surface area (Å²) in [6, 6.07) is 14.2. The number of benzene rings is 2. The molecule has 260 valence electrons. The van der Waals surface area contributed by atoms with E-state index in [1.807, 2.05) is 58.9 Å². The normalized spacial score (nSPS) is 15.2. The highest BCUT2D eigenvalue weighted by Gasteiger charge is 2.37. The van der Waals surface area contributed by atoms with Gasteiger partial charge in [-0.25, -0.2) is 14.0 Å². The number of pyridine rings is 1. The van der Waals surface area contributed by atoms with Crippen LogP contribution in [0.3, 0.4) is 0 Å². The summed E-state index contributed by atoms with van der Waals surface area (Å²) in [7, 11) is 0. The summed E-state index contributed by atoms with van der Waals surface area (Å²) in [5.74, 6) is -0.756. The van der Waals surface area contributed by atoms with E-state index in [4.69, 9.17) is 19.2 Å². The molecule has 1 saturated heterocycles. The second kappa shape index (κ2) is 15.5. The van der Waals surface area contributed by atoms with E-state index >= 15 is 0 Å². The molecule has 9 heteroatoms. The summed E-state index contributed by atoms with van der Waals surface area (Å²) in [6.07, 6.45) is 0.624. The van der Waals surface area contributed by atoms with Gasteiger partial charge < -0.3 is 19.1 Å². The number of hydrogen-bond acceptors (Lipinski definition) is 7. The van der Waals surface area contributed by atoms with Gasteiger partial charge in [0.25, 0.3) is 0 Å². The molecule has 0 unspecified atom stereocenters. The Morgan fingerprint density at radius 1 is 0.896 bits per heavy atom. The van der Waals surface area contributed by atoms with Gasteiger partial charge in [0.2, 0.25) is 0 Å². The Kier molecular flexibility index (Phi) is 11.9. The number of aromatic nitrogens is 1. The molecule has 2 aromatic carbocycles. The lowest BCUT2D eigenvalue weighted by Gasteiger charge is -2.41. The van der Waals surface area contributed by atoms with E-state index < -0.39 is 23.8 Å². The molecule has 0 bridgehead atoms. The van der Waals surface area contributed by atoms with Gasteiger partial charge in [-0.15, -0.1) is 0 Å². The largest absolute Gasteiger partial charge is 0.464 e. The maximum absolute atomic E-state index is 13.6. The van der Waals surface area contributed by atoms with Gasteiger partial charge in [-0.3, -0.25) is 9.88 Å². The van der Waals surface area contributed by atoms with Crippen molar-refractivity contribution in [2.24, 2.45) is 5.41 Å². The van der Waals surface area contributed by atoms with Crippen molar-refractivity contribution >= 4 is 17.7 Å². The Bertz CT molecular complexity index is 1550. The van der Waals surface area contributed by atoms with Crippen molar-refractivity contribution in [3.05, 3.63) is 82.4 Å². The fourth-order valence-corrected chi connectivity index (χ4v) is 6.17. The number of hydrogen-bond donors (Lipinski definition) is 0. The van der Waals surface area contributed by atoms with Gasteiger partial charge in [-0.1, -0.05) is 50.2 Å². The number of aryl methyl sites for hydroxylation is 2. The van der Waals surface area contributed by atoms with E-state index in [-0.39, 0.29) is 31.0 Å². The van der Waals surface area contributed by atoms with Crippen molar-refractivity contribution in [3.8, 4) is 11.1 Å². The molecule has 4 rings (SSSR count). The molecule has 0 N–H and O–H groups in total. The van der Waals surface area contributed by atoms with E-state index in [9.17, 15) is 14.0 Å². The molecule has 8 nitrogen and oxygen atoms in total. The third-order valence-electron chi connectivity index (χ3n) is 8.68. The fourth-order valence-electron chi connectivity index (χ4n) is 6.17. The molecule has 1 aliphatic heterocycles. The minimum atomic E-state index is -0.953. The summed E-state index contributed by atoms with van der Waals surface area (Å²) in [6.45, 7) is 20.7. The number of carbonyl (C=O) groups is 2. The molecule has 0 spiro atoms. The number of anilines is 1. The smallest absolute Gasteiger partial charge is 0.410 e. The highest BCUT2D eigenvalue weighted by atomic mass is 19.1. The summed E-state index contributed by atoms with van der Waals surface area (Å²) in [5, 5.41) is 0. The van der Waals surface area contributed by atoms with Gasteiger partial charge >= 0.3 is 12.1 Å². The molecule has 1 amide bonds. The van der Waals surface area contributed by atoms with Gasteiger partial charge in [-0.2, -0.15) is 0 Å². The monoisotopic (exact) mass is 661 g/mol. The number of carbonyl (C=O) groups excluding carboxylic acids is 2. The minimum absolute atomic E-state index is 0.219. The topological polar surface area (TPSA) is 81.2 Å². The molecule has 0 radical (unpaired) electrons. The Balaban J connectivity index is 1.79. The Morgan fingerprint density at radius 2 is 1.44 bits per heavy atom. The second-order valence-corrected chi connectivity index (χ2v) is 14.3. The maximum atomic E-state index is 13.6. The van der Waals surface area contributed by atoms with E-state index in [2.05, 4.69) is 18.7 Å². The number of halogens is 1.